The maximum atomic E-state index is 8.67. The van der Waals surface area contributed by atoms with Gasteiger partial charge in [-0.25, -0.2) is 4.98 Å². The van der Waals surface area contributed by atoms with Gasteiger partial charge < -0.3 is 23.4 Å². The summed E-state index contributed by atoms with van der Waals surface area (Å²) in [5, 5.41) is 8.67. The molecule has 0 bridgehead atoms. The molecule has 4 aromatic carbocycles. The molecule has 0 amide bonds. The fourth-order valence-corrected chi connectivity index (χ4v) is 3.19. The zero-order chi connectivity index (χ0) is 25.9. The van der Waals surface area contributed by atoms with Crippen molar-refractivity contribution >= 4 is 0 Å². The maximum Gasteiger partial charge on any atom is 0.225 e. The van der Waals surface area contributed by atoms with Crippen LogP contribution in [0.2, 0.25) is 0 Å². The predicted octanol–water partition coefficient (Wildman–Crippen LogP) is 7.50. The van der Waals surface area contributed by atoms with Crippen molar-refractivity contribution in [2.45, 2.75) is 0 Å². The van der Waals surface area contributed by atoms with Gasteiger partial charge in [0.2, 0.25) is 5.89 Å². The van der Waals surface area contributed by atoms with E-state index in [1.54, 1.807) is 50.9 Å². The van der Waals surface area contributed by atoms with Crippen LogP contribution in [0, 0.1) is 11.3 Å². The highest BCUT2D eigenvalue weighted by Gasteiger charge is 2.03. The van der Waals surface area contributed by atoms with E-state index >= 15 is 0 Å². The third-order valence-electron chi connectivity index (χ3n) is 5.11. The molecule has 5 aromatic rings. The first kappa shape index (κ1) is 24.9. The average Bonchev–Trinajstić information content (AvgIpc) is 3.50. The number of nitriles is 1. The molecule has 0 atom stereocenters. The number of nitrogens with zero attached hydrogens (tertiary/aromatic N) is 2. The van der Waals surface area contributed by atoms with Gasteiger partial charge in [-0.05, 0) is 97.1 Å². The normalized spacial score (nSPS) is 9.86. The van der Waals surface area contributed by atoms with Gasteiger partial charge in [0.1, 0.15) is 40.8 Å². The van der Waals surface area contributed by atoms with Crippen LogP contribution in [0.4, 0.5) is 0 Å². The third kappa shape index (κ3) is 7.13. The van der Waals surface area contributed by atoms with E-state index in [0.29, 0.717) is 17.2 Å². The van der Waals surface area contributed by atoms with Crippen molar-refractivity contribution in [1.29, 1.82) is 5.26 Å². The lowest BCUT2D eigenvalue weighted by molar-refractivity contribution is 0.413. The van der Waals surface area contributed by atoms with Crippen molar-refractivity contribution in [3.63, 3.8) is 0 Å². The second kappa shape index (κ2) is 12.5. The van der Waals surface area contributed by atoms with Gasteiger partial charge in [0.05, 0.1) is 32.0 Å². The fourth-order valence-electron chi connectivity index (χ4n) is 3.19. The van der Waals surface area contributed by atoms with Crippen molar-refractivity contribution in [3.8, 4) is 52.0 Å². The quantitative estimate of drug-likeness (QED) is 0.232. The van der Waals surface area contributed by atoms with Gasteiger partial charge in [0.15, 0.2) is 0 Å². The summed E-state index contributed by atoms with van der Waals surface area (Å²) in [6, 6.07) is 31.4. The Kier molecular flexibility index (Phi) is 8.39. The Bertz CT molecular complexity index is 1410. The molecule has 184 valence electrons. The molecule has 0 N–H and O–H groups in total. The molecular weight excluding hydrogens is 468 g/mol. The van der Waals surface area contributed by atoms with Gasteiger partial charge in [-0.15, -0.1) is 0 Å². The summed E-state index contributed by atoms with van der Waals surface area (Å²) in [4.78, 5) is 4.10. The molecule has 0 saturated heterocycles. The second-order valence-electron chi connectivity index (χ2n) is 7.55. The van der Waals surface area contributed by atoms with Crippen LogP contribution >= 0.6 is 0 Å². The fraction of sp³-hybridized carbons (Fsp3) is 0.0667. The van der Waals surface area contributed by atoms with Gasteiger partial charge >= 0.3 is 0 Å². The van der Waals surface area contributed by atoms with Crippen LogP contribution in [0.25, 0.3) is 11.5 Å². The summed E-state index contributed by atoms with van der Waals surface area (Å²) >= 11 is 0. The van der Waals surface area contributed by atoms with Gasteiger partial charge in [0, 0.05) is 5.56 Å². The van der Waals surface area contributed by atoms with Crippen molar-refractivity contribution in [1.82, 2.24) is 4.98 Å². The number of benzene rings is 4. The Morgan fingerprint density at radius 1 is 0.595 bits per heavy atom. The van der Waals surface area contributed by atoms with Gasteiger partial charge in [0.25, 0.3) is 0 Å². The Balaban J connectivity index is 0.000000176. The molecular formula is C30H24N2O5. The van der Waals surface area contributed by atoms with Crippen LogP contribution in [-0.2, 0) is 0 Å². The third-order valence-corrected chi connectivity index (χ3v) is 5.11. The van der Waals surface area contributed by atoms with Gasteiger partial charge in [-0.3, -0.25) is 0 Å². The molecule has 0 spiro atoms. The molecule has 7 heteroatoms. The highest BCUT2D eigenvalue weighted by atomic mass is 16.5. The summed E-state index contributed by atoms with van der Waals surface area (Å²) in [5.41, 5.74) is 1.53. The summed E-state index contributed by atoms with van der Waals surface area (Å²) in [5.74, 6) is 5.14. The van der Waals surface area contributed by atoms with Crippen LogP contribution in [0.1, 0.15) is 5.56 Å². The zero-order valence-corrected chi connectivity index (χ0v) is 20.3. The molecule has 0 unspecified atom stereocenters. The number of methoxy groups -OCH3 is 2. The van der Waals surface area contributed by atoms with E-state index in [1.807, 2.05) is 72.8 Å². The van der Waals surface area contributed by atoms with Crippen LogP contribution in [-0.4, -0.2) is 19.2 Å². The van der Waals surface area contributed by atoms with Crippen molar-refractivity contribution < 1.29 is 23.4 Å². The number of ether oxygens (including phenoxy) is 4. The summed E-state index contributed by atoms with van der Waals surface area (Å²) in [7, 11) is 3.26. The summed E-state index contributed by atoms with van der Waals surface area (Å²) < 4.78 is 26.8. The van der Waals surface area contributed by atoms with E-state index in [0.717, 1.165) is 34.3 Å². The van der Waals surface area contributed by atoms with E-state index in [9.17, 15) is 0 Å². The lowest BCUT2D eigenvalue weighted by Crippen LogP contribution is -1.86. The molecule has 5 rings (SSSR count). The number of hydrogen-bond acceptors (Lipinski definition) is 7. The van der Waals surface area contributed by atoms with Crippen molar-refractivity contribution in [2.24, 2.45) is 0 Å². The molecule has 0 fully saturated rings. The smallest absolute Gasteiger partial charge is 0.225 e. The first-order valence-electron chi connectivity index (χ1n) is 11.3. The maximum absolute atomic E-state index is 8.67. The minimum absolute atomic E-state index is 0.598. The Hall–Kier alpha value is -5.22. The zero-order valence-electron chi connectivity index (χ0n) is 20.3. The van der Waals surface area contributed by atoms with Crippen LogP contribution in [0.3, 0.4) is 0 Å². The van der Waals surface area contributed by atoms with E-state index in [-0.39, 0.29) is 0 Å². The van der Waals surface area contributed by atoms with Crippen LogP contribution in [0.15, 0.2) is 114 Å². The molecule has 7 nitrogen and oxygen atoms in total. The van der Waals surface area contributed by atoms with E-state index < -0.39 is 0 Å². The Morgan fingerprint density at radius 3 is 1.38 bits per heavy atom. The monoisotopic (exact) mass is 492 g/mol. The molecule has 0 aliphatic rings. The molecule has 0 saturated carbocycles. The summed E-state index contributed by atoms with van der Waals surface area (Å²) in [6.45, 7) is 0. The summed E-state index contributed by atoms with van der Waals surface area (Å²) in [6.07, 6.45) is 3.17. The largest absolute Gasteiger partial charge is 0.497 e. The average molecular weight is 493 g/mol. The van der Waals surface area contributed by atoms with E-state index in [2.05, 4.69) is 11.1 Å². The second-order valence-corrected chi connectivity index (χ2v) is 7.55. The molecule has 1 aromatic heterocycles. The highest BCUT2D eigenvalue weighted by molar-refractivity contribution is 5.54. The van der Waals surface area contributed by atoms with Gasteiger partial charge in [-0.2, -0.15) is 5.26 Å². The van der Waals surface area contributed by atoms with E-state index in [4.69, 9.17) is 28.6 Å². The number of aromatic nitrogens is 1. The van der Waals surface area contributed by atoms with Crippen LogP contribution < -0.4 is 18.9 Å². The molecule has 0 aliphatic heterocycles. The van der Waals surface area contributed by atoms with Crippen molar-refractivity contribution in [2.75, 3.05) is 14.2 Å². The first-order chi connectivity index (χ1) is 18.2. The number of hydrogen-bond donors (Lipinski definition) is 0. The molecule has 1 heterocycles. The molecule has 0 aliphatic carbocycles. The minimum Gasteiger partial charge on any atom is -0.497 e. The lowest BCUT2D eigenvalue weighted by Gasteiger charge is -2.06. The first-order valence-corrected chi connectivity index (χ1v) is 11.3. The Morgan fingerprint density at radius 2 is 1.00 bits per heavy atom. The van der Waals surface area contributed by atoms with E-state index in [1.165, 1.54) is 0 Å². The van der Waals surface area contributed by atoms with Gasteiger partial charge in [-0.1, -0.05) is 0 Å². The highest BCUT2D eigenvalue weighted by Crippen LogP contribution is 2.26. The molecule has 37 heavy (non-hydrogen) atoms. The molecule has 0 radical (unpaired) electrons. The van der Waals surface area contributed by atoms with Crippen LogP contribution in [0.5, 0.6) is 34.5 Å². The number of oxazole rings is 1. The topological polar surface area (TPSA) is 86.7 Å². The van der Waals surface area contributed by atoms with Crippen molar-refractivity contribution in [3.05, 3.63) is 115 Å². The SMILES string of the molecule is COc1ccc(Oc2ccc(-c3ncco3)cc2)cc1.COc1ccc(Oc2ccc(C#N)cc2)cc1. The standard InChI is InChI=1S/C16H13NO3.C14H11NO2/c1-18-13-6-8-15(9-7-13)20-14-4-2-12(3-5-14)16-17-10-11-19-16;1-16-12-6-8-14(9-7-12)17-13-4-2-11(10-15)3-5-13/h2-11H,1H3;2-9H,1H3. The lowest BCUT2D eigenvalue weighted by atomic mass is 10.2. The number of rotatable bonds is 7. The Labute approximate surface area is 215 Å². The predicted molar refractivity (Wildman–Crippen MR) is 139 cm³/mol. The minimum atomic E-state index is 0.598.